The number of carbonyl (C=O) groups is 2. The van der Waals surface area contributed by atoms with Crippen LogP contribution < -0.4 is 16.1 Å². The number of rotatable bonds is 5. The van der Waals surface area contributed by atoms with E-state index in [-0.39, 0.29) is 35.4 Å². The zero-order valence-electron chi connectivity index (χ0n) is 24.1. The van der Waals surface area contributed by atoms with Gasteiger partial charge in [0, 0.05) is 45.6 Å². The first-order valence-electron chi connectivity index (χ1n) is 13.9. The highest BCUT2D eigenvalue weighted by molar-refractivity contribution is 6.06. The summed E-state index contributed by atoms with van der Waals surface area (Å²) in [7, 11) is 0. The van der Waals surface area contributed by atoms with Crippen molar-refractivity contribution >= 4 is 28.5 Å². The zero-order chi connectivity index (χ0) is 28.1. The Morgan fingerprint density at radius 1 is 1.08 bits per heavy atom. The smallest absolute Gasteiger partial charge is 0.287 e. The van der Waals surface area contributed by atoms with Gasteiger partial charge < -0.3 is 19.5 Å². The number of hydrogen-bond acceptors (Lipinski definition) is 6. The van der Waals surface area contributed by atoms with Crippen molar-refractivity contribution in [3.05, 3.63) is 57.7 Å². The van der Waals surface area contributed by atoms with Gasteiger partial charge in [-0.15, -0.1) is 0 Å². The lowest BCUT2D eigenvalue weighted by Crippen LogP contribution is -2.62. The van der Waals surface area contributed by atoms with Gasteiger partial charge in [0.15, 0.2) is 5.76 Å². The molecule has 0 saturated carbocycles. The Morgan fingerprint density at radius 3 is 2.51 bits per heavy atom. The Hall–Kier alpha value is -3.39. The lowest BCUT2D eigenvalue weighted by Gasteiger charge is -2.46. The van der Waals surface area contributed by atoms with Crippen molar-refractivity contribution in [2.75, 3.05) is 0 Å². The van der Waals surface area contributed by atoms with Crippen LogP contribution in [0.1, 0.15) is 97.5 Å². The Balaban J connectivity index is 1.31. The Labute approximate surface area is 230 Å². The van der Waals surface area contributed by atoms with Gasteiger partial charge in [0.1, 0.15) is 11.3 Å². The number of carbonyl (C=O) groups excluding carboxylic acids is 2. The highest BCUT2D eigenvalue weighted by atomic mass is 16.4. The number of fused-ring (bicyclic) bond motifs is 2. The van der Waals surface area contributed by atoms with Crippen molar-refractivity contribution in [2.45, 2.75) is 104 Å². The van der Waals surface area contributed by atoms with Crippen LogP contribution in [0.15, 0.2) is 32.3 Å². The van der Waals surface area contributed by atoms with E-state index in [9.17, 15) is 9.59 Å². The topological polar surface area (TPSA) is 109 Å². The predicted molar refractivity (Wildman–Crippen MR) is 152 cm³/mol. The van der Waals surface area contributed by atoms with Crippen LogP contribution in [0.3, 0.4) is 0 Å². The first kappa shape index (κ1) is 27.2. The van der Waals surface area contributed by atoms with Crippen LogP contribution in [0, 0.1) is 20.8 Å². The molecule has 0 bridgehead atoms. The van der Waals surface area contributed by atoms with E-state index >= 15 is 0 Å². The second-order valence-electron chi connectivity index (χ2n) is 12.7. The third-order valence-corrected chi connectivity index (χ3v) is 7.82. The number of benzene rings is 1. The number of piperidine rings is 1. The summed E-state index contributed by atoms with van der Waals surface area (Å²) in [5.41, 5.74) is 8.79. The molecular formula is C31H40N4O4. The average Bonchev–Trinajstić information content (AvgIpc) is 3.36. The van der Waals surface area contributed by atoms with Gasteiger partial charge in [-0.3, -0.25) is 9.59 Å². The van der Waals surface area contributed by atoms with Crippen LogP contribution in [-0.2, 0) is 17.6 Å². The molecule has 1 saturated heterocycles. The van der Waals surface area contributed by atoms with Gasteiger partial charge in [0.2, 0.25) is 5.91 Å². The number of hydrazone groups is 1. The molecule has 1 aromatic carbocycles. The van der Waals surface area contributed by atoms with Crippen LogP contribution in [0.5, 0.6) is 0 Å². The number of hydrogen-bond donors (Lipinski definition) is 3. The molecule has 2 aromatic heterocycles. The molecule has 1 aliphatic heterocycles. The molecule has 5 rings (SSSR count). The van der Waals surface area contributed by atoms with Gasteiger partial charge in [-0.2, -0.15) is 5.10 Å². The lowest BCUT2D eigenvalue weighted by atomic mass is 9.79. The quantitative estimate of drug-likeness (QED) is 0.382. The third kappa shape index (κ3) is 5.66. The SMILES string of the molecule is Cc1cc(C)c2c(CC(=O)N/N=C3\CCCc4oc(C(=O)NC5CC(C)(C)NC(C)(C)C5)c(C)c43)coc2c1. The van der Waals surface area contributed by atoms with Crippen molar-refractivity contribution in [3.8, 4) is 0 Å². The van der Waals surface area contributed by atoms with Crippen LogP contribution in [0.4, 0.5) is 0 Å². The van der Waals surface area contributed by atoms with E-state index in [0.717, 1.165) is 75.9 Å². The molecular weight excluding hydrogens is 492 g/mol. The minimum atomic E-state index is -0.215. The molecule has 208 valence electrons. The maximum atomic E-state index is 13.3. The van der Waals surface area contributed by atoms with Gasteiger partial charge in [-0.1, -0.05) is 6.07 Å². The van der Waals surface area contributed by atoms with E-state index in [0.29, 0.717) is 12.2 Å². The Bertz CT molecular complexity index is 1460. The Kier molecular flexibility index (Phi) is 6.95. The summed E-state index contributed by atoms with van der Waals surface area (Å²) in [6.45, 7) is 14.6. The molecule has 1 fully saturated rings. The number of furan rings is 2. The monoisotopic (exact) mass is 532 g/mol. The first-order valence-corrected chi connectivity index (χ1v) is 13.9. The van der Waals surface area contributed by atoms with E-state index in [1.54, 1.807) is 6.26 Å². The standard InChI is InChI=1S/C31H40N4O4/c1-17-11-18(2)26-20(16-38-24(26)12-17)13-25(36)34-33-22-9-8-10-23-27(22)19(3)28(39-23)29(37)32-21-14-30(4,5)35-31(6,7)15-21/h11-12,16,21,35H,8-10,13-15H2,1-7H3,(H,32,37)(H,34,36)/b33-22+. The zero-order valence-corrected chi connectivity index (χ0v) is 24.1. The largest absolute Gasteiger partial charge is 0.464 e. The van der Waals surface area contributed by atoms with Gasteiger partial charge in [0.05, 0.1) is 18.4 Å². The molecule has 2 aliphatic rings. The number of aryl methyl sites for hydroxylation is 3. The van der Waals surface area contributed by atoms with Gasteiger partial charge in [0.25, 0.3) is 5.91 Å². The number of nitrogens with zero attached hydrogens (tertiary/aromatic N) is 1. The molecule has 3 heterocycles. The van der Waals surface area contributed by atoms with E-state index in [1.807, 2.05) is 26.8 Å². The van der Waals surface area contributed by atoms with Crippen molar-refractivity contribution in [3.63, 3.8) is 0 Å². The molecule has 0 unspecified atom stereocenters. The minimum absolute atomic E-state index is 0.0456. The minimum Gasteiger partial charge on any atom is -0.464 e. The highest BCUT2D eigenvalue weighted by Gasteiger charge is 2.39. The van der Waals surface area contributed by atoms with E-state index < -0.39 is 0 Å². The second kappa shape index (κ2) is 9.97. The van der Waals surface area contributed by atoms with Gasteiger partial charge in [-0.25, -0.2) is 5.43 Å². The lowest BCUT2D eigenvalue weighted by molar-refractivity contribution is -0.120. The number of amides is 2. The fraction of sp³-hybridized carbons (Fsp3) is 0.516. The summed E-state index contributed by atoms with van der Waals surface area (Å²) >= 11 is 0. The summed E-state index contributed by atoms with van der Waals surface area (Å²) in [4.78, 5) is 26.2. The fourth-order valence-corrected chi connectivity index (χ4v) is 6.77. The normalized spacial score (nSPS) is 19.7. The first-order chi connectivity index (χ1) is 18.3. The average molecular weight is 533 g/mol. The summed E-state index contributed by atoms with van der Waals surface area (Å²) in [5, 5.41) is 12.3. The van der Waals surface area contributed by atoms with E-state index in [1.165, 1.54) is 0 Å². The summed E-state index contributed by atoms with van der Waals surface area (Å²) < 4.78 is 11.8. The molecule has 2 amide bonds. The maximum absolute atomic E-state index is 13.3. The molecule has 3 N–H and O–H groups in total. The summed E-state index contributed by atoms with van der Waals surface area (Å²) in [6, 6.07) is 4.12. The molecule has 0 radical (unpaired) electrons. The predicted octanol–water partition coefficient (Wildman–Crippen LogP) is 5.39. The molecule has 3 aromatic rings. The van der Waals surface area contributed by atoms with Crippen molar-refractivity contribution in [2.24, 2.45) is 5.10 Å². The second-order valence-corrected chi connectivity index (χ2v) is 12.7. The maximum Gasteiger partial charge on any atom is 0.287 e. The van der Waals surface area contributed by atoms with Crippen LogP contribution in [0.25, 0.3) is 11.0 Å². The highest BCUT2D eigenvalue weighted by Crippen LogP contribution is 2.32. The van der Waals surface area contributed by atoms with Crippen LogP contribution in [-0.4, -0.2) is 34.6 Å². The Morgan fingerprint density at radius 2 is 1.79 bits per heavy atom. The van der Waals surface area contributed by atoms with Gasteiger partial charge in [-0.05, 0) is 91.3 Å². The van der Waals surface area contributed by atoms with E-state index in [2.05, 4.69) is 54.9 Å². The summed E-state index contributed by atoms with van der Waals surface area (Å²) in [5.74, 6) is 0.689. The van der Waals surface area contributed by atoms with Crippen LogP contribution in [0.2, 0.25) is 0 Å². The van der Waals surface area contributed by atoms with Gasteiger partial charge >= 0.3 is 0 Å². The molecule has 39 heavy (non-hydrogen) atoms. The molecule has 0 atom stereocenters. The number of nitrogens with one attached hydrogen (secondary N) is 3. The molecule has 0 spiro atoms. The summed E-state index contributed by atoms with van der Waals surface area (Å²) in [6.07, 6.45) is 5.79. The third-order valence-electron chi connectivity index (χ3n) is 7.82. The molecule has 8 heteroatoms. The fourth-order valence-electron chi connectivity index (χ4n) is 6.77. The molecule has 8 nitrogen and oxygen atoms in total. The van der Waals surface area contributed by atoms with Crippen molar-refractivity contribution in [1.82, 2.24) is 16.1 Å². The van der Waals surface area contributed by atoms with Crippen molar-refractivity contribution in [1.29, 1.82) is 0 Å². The molecule has 1 aliphatic carbocycles. The van der Waals surface area contributed by atoms with Crippen molar-refractivity contribution < 1.29 is 18.4 Å². The van der Waals surface area contributed by atoms with Crippen LogP contribution >= 0.6 is 0 Å². The van der Waals surface area contributed by atoms with E-state index in [4.69, 9.17) is 8.83 Å².